The SMILES string of the molecule is COC(=O)C(=O)c1c2n(c3cc(C(F)(F)F)ccc13)CC(N(C)Cc1ccccc1)CC2. The Morgan fingerprint density at radius 2 is 1.88 bits per heavy atom. The third-order valence-electron chi connectivity index (χ3n) is 6.10. The molecule has 5 nitrogen and oxygen atoms in total. The smallest absolute Gasteiger partial charge is 0.416 e. The predicted molar refractivity (Wildman–Crippen MR) is 113 cm³/mol. The highest BCUT2D eigenvalue weighted by Gasteiger charge is 2.35. The van der Waals surface area contributed by atoms with Crippen LogP contribution < -0.4 is 0 Å². The number of esters is 1. The first-order valence-corrected chi connectivity index (χ1v) is 10.3. The second-order valence-electron chi connectivity index (χ2n) is 8.08. The molecule has 0 spiro atoms. The fourth-order valence-corrected chi connectivity index (χ4v) is 4.46. The van der Waals surface area contributed by atoms with Crippen LogP contribution in [0.3, 0.4) is 0 Å². The number of benzene rings is 2. The lowest BCUT2D eigenvalue weighted by Crippen LogP contribution is -2.38. The van der Waals surface area contributed by atoms with Crippen LogP contribution in [0.25, 0.3) is 10.9 Å². The first kappa shape index (κ1) is 22.1. The van der Waals surface area contributed by atoms with Crippen LogP contribution in [0.1, 0.15) is 33.6 Å². The number of likely N-dealkylation sites (N-methyl/N-ethyl adjacent to an activating group) is 1. The molecule has 0 aliphatic carbocycles. The molecule has 0 saturated carbocycles. The molecule has 1 aliphatic heterocycles. The van der Waals surface area contributed by atoms with Gasteiger partial charge in [0.2, 0.25) is 0 Å². The molecular weight excluding hydrogens is 421 g/mol. The number of nitrogens with zero attached hydrogens (tertiary/aromatic N) is 2. The minimum Gasteiger partial charge on any atom is -0.463 e. The van der Waals surface area contributed by atoms with E-state index in [1.807, 2.05) is 37.4 Å². The van der Waals surface area contributed by atoms with E-state index in [0.29, 0.717) is 42.5 Å². The number of ketones is 1. The zero-order chi connectivity index (χ0) is 23.0. The molecule has 0 saturated heterocycles. The number of hydrogen-bond donors (Lipinski definition) is 0. The Kier molecular flexibility index (Phi) is 5.81. The standard InChI is InChI=1S/C24H23F3N2O3/c1-28(13-15-6-4-3-5-7-15)17-9-11-19-21(22(30)23(31)32-2)18-10-8-16(24(25,26)27)12-20(18)29(19)14-17/h3-8,10,12,17H,9,11,13-14H2,1-2H3. The van der Waals surface area contributed by atoms with Gasteiger partial charge in [-0.3, -0.25) is 9.69 Å². The van der Waals surface area contributed by atoms with Crippen LogP contribution in [-0.4, -0.2) is 41.4 Å². The van der Waals surface area contributed by atoms with Crippen molar-refractivity contribution in [2.24, 2.45) is 0 Å². The first-order valence-electron chi connectivity index (χ1n) is 10.3. The van der Waals surface area contributed by atoms with Crippen molar-refractivity contribution in [2.45, 2.75) is 38.1 Å². The number of carbonyl (C=O) groups is 2. The van der Waals surface area contributed by atoms with Crippen LogP contribution in [0.5, 0.6) is 0 Å². The number of rotatable bonds is 5. The quantitative estimate of drug-likeness (QED) is 0.331. The van der Waals surface area contributed by atoms with Gasteiger partial charge in [-0.05, 0) is 37.6 Å². The highest BCUT2D eigenvalue weighted by atomic mass is 19.4. The van der Waals surface area contributed by atoms with Crippen LogP contribution in [-0.2, 0) is 35.2 Å². The minimum absolute atomic E-state index is 0.0638. The molecule has 32 heavy (non-hydrogen) atoms. The van der Waals surface area contributed by atoms with Gasteiger partial charge in [-0.1, -0.05) is 36.4 Å². The summed E-state index contributed by atoms with van der Waals surface area (Å²) in [7, 11) is 3.09. The number of carbonyl (C=O) groups excluding carboxylic acids is 2. The number of fused-ring (bicyclic) bond motifs is 3. The van der Waals surface area contributed by atoms with Crippen molar-refractivity contribution in [3.05, 3.63) is 70.9 Å². The van der Waals surface area contributed by atoms with Gasteiger partial charge in [-0.25, -0.2) is 4.79 Å². The van der Waals surface area contributed by atoms with Gasteiger partial charge in [0.05, 0.1) is 18.2 Å². The number of alkyl halides is 3. The van der Waals surface area contributed by atoms with Gasteiger partial charge in [-0.15, -0.1) is 0 Å². The monoisotopic (exact) mass is 444 g/mol. The Balaban J connectivity index is 1.76. The van der Waals surface area contributed by atoms with Crippen molar-refractivity contribution < 1.29 is 27.5 Å². The summed E-state index contributed by atoms with van der Waals surface area (Å²) >= 11 is 0. The van der Waals surface area contributed by atoms with Crippen molar-refractivity contribution in [2.75, 3.05) is 14.2 Å². The van der Waals surface area contributed by atoms with Crippen LogP contribution >= 0.6 is 0 Å². The van der Waals surface area contributed by atoms with Gasteiger partial charge >= 0.3 is 12.1 Å². The van der Waals surface area contributed by atoms with E-state index in [1.165, 1.54) is 6.07 Å². The third kappa shape index (κ3) is 4.02. The lowest BCUT2D eigenvalue weighted by molar-refractivity contribution is -0.137. The minimum atomic E-state index is -4.51. The van der Waals surface area contributed by atoms with E-state index in [1.54, 1.807) is 4.57 Å². The van der Waals surface area contributed by atoms with Gasteiger partial charge < -0.3 is 9.30 Å². The second kappa shape index (κ2) is 8.43. The Morgan fingerprint density at radius 3 is 2.53 bits per heavy atom. The van der Waals surface area contributed by atoms with Crippen LogP contribution in [0.15, 0.2) is 48.5 Å². The van der Waals surface area contributed by atoms with E-state index < -0.39 is 23.5 Å². The molecule has 0 bridgehead atoms. The fraction of sp³-hybridized carbons (Fsp3) is 0.333. The molecule has 1 unspecified atom stereocenters. The maximum atomic E-state index is 13.4. The van der Waals surface area contributed by atoms with Crippen molar-refractivity contribution in [3.63, 3.8) is 0 Å². The molecule has 1 aromatic heterocycles. The van der Waals surface area contributed by atoms with Gasteiger partial charge in [0.15, 0.2) is 0 Å². The first-order chi connectivity index (χ1) is 15.2. The molecule has 0 radical (unpaired) electrons. The zero-order valence-electron chi connectivity index (χ0n) is 17.8. The van der Waals surface area contributed by atoms with Gasteiger partial charge in [0.25, 0.3) is 5.78 Å². The molecule has 3 aromatic rings. The second-order valence-corrected chi connectivity index (χ2v) is 8.08. The summed E-state index contributed by atoms with van der Waals surface area (Å²) < 4.78 is 46.5. The van der Waals surface area contributed by atoms with E-state index in [4.69, 9.17) is 0 Å². The summed E-state index contributed by atoms with van der Waals surface area (Å²) in [4.78, 5) is 26.9. The number of methoxy groups -OCH3 is 1. The number of aromatic nitrogens is 1. The highest BCUT2D eigenvalue weighted by molar-refractivity contribution is 6.43. The predicted octanol–water partition coefficient (Wildman–Crippen LogP) is 4.46. The fourth-order valence-electron chi connectivity index (χ4n) is 4.46. The molecule has 2 heterocycles. The summed E-state index contributed by atoms with van der Waals surface area (Å²) in [5.74, 6) is -1.86. The van der Waals surface area contributed by atoms with Gasteiger partial charge in [-0.2, -0.15) is 13.2 Å². The van der Waals surface area contributed by atoms with E-state index in [9.17, 15) is 22.8 Å². The number of ether oxygens (including phenoxy) is 1. The third-order valence-corrected chi connectivity index (χ3v) is 6.10. The molecule has 2 aromatic carbocycles. The molecular formula is C24H23F3N2O3. The summed E-state index contributed by atoms with van der Waals surface area (Å²) in [6.07, 6.45) is -3.32. The van der Waals surface area contributed by atoms with Crippen LogP contribution in [0.4, 0.5) is 13.2 Å². The Morgan fingerprint density at radius 1 is 1.16 bits per heavy atom. The van der Waals surface area contributed by atoms with Crippen LogP contribution in [0.2, 0.25) is 0 Å². The number of halogens is 3. The van der Waals surface area contributed by atoms with Gasteiger partial charge in [0, 0.05) is 35.7 Å². The Bertz CT molecular complexity index is 1170. The lowest BCUT2D eigenvalue weighted by atomic mass is 9.98. The van der Waals surface area contributed by atoms with Gasteiger partial charge in [0.1, 0.15) is 0 Å². The molecule has 0 amide bonds. The summed E-state index contributed by atoms with van der Waals surface area (Å²) in [5, 5.41) is 0.342. The van der Waals surface area contributed by atoms with Crippen molar-refractivity contribution >= 4 is 22.7 Å². The lowest BCUT2D eigenvalue weighted by Gasteiger charge is -2.33. The summed E-state index contributed by atoms with van der Waals surface area (Å²) in [6, 6.07) is 13.3. The normalized spacial score (nSPS) is 16.2. The Labute approximate surface area is 183 Å². The average molecular weight is 444 g/mol. The van der Waals surface area contributed by atoms with Crippen molar-refractivity contribution in [1.82, 2.24) is 9.47 Å². The van der Waals surface area contributed by atoms with E-state index in [0.717, 1.165) is 24.8 Å². The largest absolute Gasteiger partial charge is 0.463 e. The topological polar surface area (TPSA) is 51.5 Å². The summed E-state index contributed by atoms with van der Waals surface area (Å²) in [6.45, 7) is 1.12. The van der Waals surface area contributed by atoms with E-state index in [2.05, 4.69) is 9.64 Å². The number of Topliss-reactive ketones (excluding diaryl/α,β-unsaturated/α-hetero) is 1. The molecule has 0 fully saturated rings. The van der Waals surface area contributed by atoms with E-state index in [-0.39, 0.29) is 11.6 Å². The highest BCUT2D eigenvalue weighted by Crippen LogP contribution is 2.37. The average Bonchev–Trinajstić information content (AvgIpc) is 3.11. The van der Waals surface area contributed by atoms with E-state index >= 15 is 0 Å². The van der Waals surface area contributed by atoms with Crippen molar-refractivity contribution in [3.8, 4) is 0 Å². The molecule has 1 aliphatic rings. The van der Waals surface area contributed by atoms with Crippen LogP contribution in [0, 0.1) is 0 Å². The molecule has 1 atom stereocenters. The Hall–Kier alpha value is -3.13. The molecule has 168 valence electrons. The maximum absolute atomic E-state index is 13.4. The molecule has 4 rings (SSSR count). The zero-order valence-corrected chi connectivity index (χ0v) is 17.8. The van der Waals surface area contributed by atoms with Crippen molar-refractivity contribution in [1.29, 1.82) is 0 Å². The summed E-state index contributed by atoms with van der Waals surface area (Å²) in [5.41, 5.74) is 1.38. The number of hydrogen-bond acceptors (Lipinski definition) is 4. The molecule has 0 N–H and O–H groups in total. The molecule has 8 heteroatoms. The maximum Gasteiger partial charge on any atom is 0.416 e.